The second kappa shape index (κ2) is 6.42. The van der Waals surface area contributed by atoms with Crippen molar-refractivity contribution in [2.24, 2.45) is 7.05 Å². The molecule has 0 N–H and O–H groups in total. The Labute approximate surface area is 160 Å². The summed E-state index contributed by atoms with van der Waals surface area (Å²) in [4.78, 5) is 20.8. The fraction of sp³-hybridized carbons (Fsp3) is 0.0909. The van der Waals surface area contributed by atoms with Gasteiger partial charge in [-0.3, -0.25) is 14.0 Å². The summed E-state index contributed by atoms with van der Waals surface area (Å²) in [6.07, 6.45) is 5.04. The second-order valence-corrected chi connectivity index (χ2v) is 6.77. The van der Waals surface area contributed by atoms with E-state index in [4.69, 9.17) is 0 Å². The maximum absolute atomic E-state index is 12.4. The fourth-order valence-electron chi connectivity index (χ4n) is 3.60. The number of benzene rings is 2. The molecule has 3 heterocycles. The van der Waals surface area contributed by atoms with E-state index in [2.05, 4.69) is 33.3 Å². The Balaban J connectivity index is 1.61. The van der Waals surface area contributed by atoms with Crippen molar-refractivity contribution in [2.75, 3.05) is 0 Å². The van der Waals surface area contributed by atoms with Crippen LogP contribution in [0.2, 0.25) is 0 Å². The number of fused-ring (bicyclic) bond motifs is 2. The zero-order valence-corrected chi connectivity index (χ0v) is 15.3. The Kier molecular flexibility index (Phi) is 3.76. The van der Waals surface area contributed by atoms with Crippen LogP contribution in [0.25, 0.3) is 33.2 Å². The van der Waals surface area contributed by atoms with E-state index in [1.165, 1.54) is 6.20 Å². The van der Waals surface area contributed by atoms with E-state index in [0.29, 0.717) is 12.2 Å². The number of aromatic nitrogens is 5. The molecule has 6 nitrogen and oxygen atoms in total. The molecule has 3 aromatic heterocycles. The monoisotopic (exact) mass is 367 g/mol. The average molecular weight is 367 g/mol. The van der Waals surface area contributed by atoms with Gasteiger partial charge in [0.2, 0.25) is 0 Å². The third kappa shape index (κ3) is 2.75. The minimum atomic E-state index is -0.139. The van der Waals surface area contributed by atoms with Gasteiger partial charge in [-0.25, -0.2) is 9.97 Å². The minimum Gasteiger partial charge on any atom is -0.300 e. The van der Waals surface area contributed by atoms with Gasteiger partial charge in [0.05, 0.1) is 23.8 Å². The summed E-state index contributed by atoms with van der Waals surface area (Å²) >= 11 is 0. The molecule has 0 spiro atoms. The molecule has 0 bridgehead atoms. The average Bonchev–Trinajstić information content (AvgIpc) is 3.10. The van der Waals surface area contributed by atoms with Crippen molar-refractivity contribution in [3.63, 3.8) is 0 Å². The maximum atomic E-state index is 12.4. The third-order valence-electron chi connectivity index (χ3n) is 4.86. The molecule has 28 heavy (non-hydrogen) atoms. The van der Waals surface area contributed by atoms with Crippen LogP contribution >= 0.6 is 0 Å². The predicted octanol–water partition coefficient (Wildman–Crippen LogP) is 3.39. The van der Waals surface area contributed by atoms with Crippen LogP contribution < -0.4 is 5.56 Å². The molecule has 0 atom stereocenters. The first-order valence-corrected chi connectivity index (χ1v) is 9.01. The molecule has 2 aromatic carbocycles. The van der Waals surface area contributed by atoms with Crippen molar-refractivity contribution >= 4 is 22.1 Å². The topological polar surface area (TPSA) is 65.6 Å². The lowest BCUT2D eigenvalue weighted by Gasteiger charge is -2.11. The zero-order valence-electron chi connectivity index (χ0n) is 15.3. The van der Waals surface area contributed by atoms with Gasteiger partial charge in [0.1, 0.15) is 0 Å². The van der Waals surface area contributed by atoms with Crippen molar-refractivity contribution in [3.8, 4) is 11.1 Å². The van der Waals surface area contributed by atoms with Crippen molar-refractivity contribution in [2.45, 2.75) is 6.54 Å². The Morgan fingerprint density at radius 3 is 2.82 bits per heavy atom. The van der Waals surface area contributed by atoms with Crippen molar-refractivity contribution < 1.29 is 0 Å². The van der Waals surface area contributed by atoms with Gasteiger partial charge in [-0.05, 0) is 41.0 Å². The first-order chi connectivity index (χ1) is 13.7. The maximum Gasteiger partial charge on any atom is 0.269 e. The van der Waals surface area contributed by atoms with Crippen LogP contribution in [-0.4, -0.2) is 24.3 Å². The fourth-order valence-corrected chi connectivity index (χ4v) is 3.60. The van der Waals surface area contributed by atoms with Gasteiger partial charge in [0, 0.05) is 24.8 Å². The van der Waals surface area contributed by atoms with E-state index in [0.717, 1.165) is 33.1 Å². The van der Waals surface area contributed by atoms with Gasteiger partial charge < -0.3 is 0 Å². The molecule has 0 unspecified atom stereocenters. The molecular weight excluding hydrogens is 350 g/mol. The highest BCUT2D eigenvalue weighted by molar-refractivity contribution is 5.94. The molecule has 0 saturated heterocycles. The summed E-state index contributed by atoms with van der Waals surface area (Å²) in [6.45, 7) is 0.459. The zero-order chi connectivity index (χ0) is 19.1. The Morgan fingerprint density at radius 1 is 1.00 bits per heavy atom. The molecule has 136 valence electrons. The van der Waals surface area contributed by atoms with Crippen LogP contribution in [0.1, 0.15) is 5.56 Å². The van der Waals surface area contributed by atoms with Gasteiger partial charge in [-0.1, -0.05) is 30.3 Å². The normalized spacial score (nSPS) is 11.3. The molecule has 0 aliphatic heterocycles. The largest absolute Gasteiger partial charge is 0.300 e. The SMILES string of the molecule is Cn1cc2c(-c3cccc(Cn4c(=O)cnc5ncccc54)c3)cccc2n1. The second-order valence-electron chi connectivity index (χ2n) is 6.77. The van der Waals surface area contributed by atoms with Gasteiger partial charge in [0.15, 0.2) is 5.65 Å². The summed E-state index contributed by atoms with van der Waals surface area (Å²) in [5.74, 6) is 0. The number of hydrogen-bond acceptors (Lipinski definition) is 4. The highest BCUT2D eigenvalue weighted by atomic mass is 16.1. The van der Waals surface area contributed by atoms with Crippen molar-refractivity contribution in [1.82, 2.24) is 24.3 Å². The molecule has 0 saturated carbocycles. The molecule has 0 radical (unpaired) electrons. The molecule has 0 amide bonds. The number of rotatable bonds is 3. The van der Waals surface area contributed by atoms with Crippen LogP contribution in [0.3, 0.4) is 0 Å². The first kappa shape index (κ1) is 16.4. The quantitative estimate of drug-likeness (QED) is 0.490. The Morgan fingerprint density at radius 2 is 1.89 bits per heavy atom. The molecule has 0 fully saturated rings. The van der Waals surface area contributed by atoms with Crippen LogP contribution in [0.5, 0.6) is 0 Å². The Bertz CT molecular complexity index is 1380. The molecule has 5 aromatic rings. The Hall–Kier alpha value is -3.80. The van der Waals surface area contributed by atoms with Gasteiger partial charge in [-0.15, -0.1) is 0 Å². The van der Waals surface area contributed by atoms with Gasteiger partial charge in [-0.2, -0.15) is 5.10 Å². The van der Waals surface area contributed by atoms with Crippen LogP contribution in [0.4, 0.5) is 0 Å². The number of aryl methyl sites for hydroxylation is 1. The van der Waals surface area contributed by atoms with E-state index in [-0.39, 0.29) is 5.56 Å². The minimum absolute atomic E-state index is 0.139. The van der Waals surface area contributed by atoms with Crippen molar-refractivity contribution in [1.29, 1.82) is 0 Å². The highest BCUT2D eigenvalue weighted by Crippen LogP contribution is 2.28. The predicted molar refractivity (Wildman–Crippen MR) is 109 cm³/mol. The summed E-state index contributed by atoms with van der Waals surface area (Å²) in [7, 11) is 1.93. The van der Waals surface area contributed by atoms with E-state index in [9.17, 15) is 4.79 Å². The first-order valence-electron chi connectivity index (χ1n) is 9.01. The summed E-state index contributed by atoms with van der Waals surface area (Å²) in [5, 5.41) is 5.60. The number of nitrogens with zero attached hydrogens (tertiary/aromatic N) is 5. The lowest BCUT2D eigenvalue weighted by Crippen LogP contribution is -2.21. The molecular formula is C22H17N5O. The van der Waals surface area contributed by atoms with E-state index in [1.807, 2.05) is 54.3 Å². The van der Waals surface area contributed by atoms with Crippen LogP contribution in [-0.2, 0) is 13.6 Å². The molecule has 0 aliphatic carbocycles. The van der Waals surface area contributed by atoms with E-state index in [1.54, 1.807) is 10.8 Å². The lowest BCUT2D eigenvalue weighted by molar-refractivity contribution is 0.780. The van der Waals surface area contributed by atoms with Gasteiger partial charge in [0.25, 0.3) is 5.56 Å². The molecule has 6 heteroatoms. The number of pyridine rings is 1. The third-order valence-corrected chi connectivity index (χ3v) is 4.86. The smallest absolute Gasteiger partial charge is 0.269 e. The lowest BCUT2D eigenvalue weighted by atomic mass is 10.00. The van der Waals surface area contributed by atoms with Gasteiger partial charge >= 0.3 is 0 Å². The van der Waals surface area contributed by atoms with Crippen LogP contribution in [0.15, 0.2) is 78.0 Å². The number of hydrogen-bond donors (Lipinski definition) is 0. The summed E-state index contributed by atoms with van der Waals surface area (Å²) < 4.78 is 3.53. The van der Waals surface area contributed by atoms with E-state index < -0.39 is 0 Å². The van der Waals surface area contributed by atoms with E-state index >= 15 is 0 Å². The van der Waals surface area contributed by atoms with Crippen LogP contribution in [0, 0.1) is 0 Å². The molecule has 5 rings (SSSR count). The highest BCUT2D eigenvalue weighted by Gasteiger charge is 2.09. The summed E-state index contributed by atoms with van der Waals surface area (Å²) in [5.41, 5.74) is 5.39. The van der Waals surface area contributed by atoms with Crippen molar-refractivity contribution in [3.05, 3.63) is 89.1 Å². The summed E-state index contributed by atoms with van der Waals surface area (Å²) in [6, 6.07) is 18.1. The standard InChI is InChI=1S/C22H17N5O/c1-26-14-18-17(7-3-8-19(18)25-26)16-6-2-5-15(11-16)13-27-20-9-4-10-23-22(20)24-12-21(27)28/h2-12,14H,13H2,1H3. The molecule has 0 aliphatic rings.